The lowest BCUT2D eigenvalue weighted by Gasteiger charge is -2.02. The molecule has 100 valence electrons. The van der Waals surface area contributed by atoms with Crippen LogP contribution in [0.5, 0.6) is 0 Å². The molecule has 0 amide bonds. The molecule has 0 saturated carbocycles. The van der Waals surface area contributed by atoms with Crippen LogP contribution in [0.25, 0.3) is 17.2 Å². The molecule has 0 heterocycles. The van der Waals surface area contributed by atoms with Gasteiger partial charge in [0, 0.05) is 0 Å². The van der Waals surface area contributed by atoms with Crippen LogP contribution >= 0.6 is 0 Å². The first-order valence-electron chi connectivity index (χ1n) is 6.72. The van der Waals surface area contributed by atoms with Gasteiger partial charge in [0.15, 0.2) is 0 Å². The maximum atomic E-state index is 11.1. The molecule has 0 aliphatic heterocycles. The highest BCUT2D eigenvalue weighted by molar-refractivity contribution is 5.78. The first kappa shape index (κ1) is 12.7. The van der Waals surface area contributed by atoms with Crippen molar-refractivity contribution >= 4 is 12.0 Å². The van der Waals surface area contributed by atoms with Gasteiger partial charge >= 0.3 is 5.97 Å². The number of fused-ring (bicyclic) bond motifs is 3. The molecule has 0 saturated heterocycles. The van der Waals surface area contributed by atoms with E-state index in [-0.39, 0.29) is 5.97 Å². The zero-order valence-electron chi connectivity index (χ0n) is 11.4. The van der Waals surface area contributed by atoms with E-state index in [9.17, 15) is 4.79 Å². The molecule has 0 bridgehead atoms. The predicted octanol–water partition coefficient (Wildman–Crippen LogP) is 3.83. The highest BCUT2D eigenvalue weighted by Gasteiger charge is 2.17. The molecule has 0 N–H and O–H groups in total. The molecule has 2 nitrogen and oxygen atoms in total. The van der Waals surface area contributed by atoms with Gasteiger partial charge in [0.05, 0.1) is 13.5 Å². The van der Waals surface area contributed by atoms with E-state index in [4.69, 9.17) is 0 Å². The SMILES string of the molecule is COC(=O)CC=Cc1ccc2c(c1)Cc1ccccc1-2. The summed E-state index contributed by atoms with van der Waals surface area (Å²) in [6, 6.07) is 15.0. The van der Waals surface area contributed by atoms with Gasteiger partial charge in [0.1, 0.15) is 0 Å². The van der Waals surface area contributed by atoms with Crippen molar-refractivity contribution in [1.29, 1.82) is 0 Å². The van der Waals surface area contributed by atoms with E-state index in [1.807, 2.05) is 12.2 Å². The zero-order valence-corrected chi connectivity index (χ0v) is 11.4. The third-order valence-electron chi connectivity index (χ3n) is 3.64. The number of methoxy groups -OCH3 is 1. The maximum Gasteiger partial charge on any atom is 0.309 e. The fourth-order valence-electron chi connectivity index (χ4n) is 2.64. The summed E-state index contributed by atoms with van der Waals surface area (Å²) >= 11 is 0. The van der Waals surface area contributed by atoms with Crippen molar-refractivity contribution < 1.29 is 9.53 Å². The summed E-state index contributed by atoms with van der Waals surface area (Å²) in [6.07, 6.45) is 5.12. The van der Waals surface area contributed by atoms with Crippen molar-refractivity contribution in [3.63, 3.8) is 0 Å². The van der Waals surface area contributed by atoms with Gasteiger partial charge in [-0.15, -0.1) is 0 Å². The number of benzene rings is 2. The molecule has 0 fully saturated rings. The molecule has 1 aliphatic rings. The van der Waals surface area contributed by atoms with Gasteiger partial charge in [-0.3, -0.25) is 4.79 Å². The molecule has 0 spiro atoms. The topological polar surface area (TPSA) is 26.3 Å². The number of esters is 1. The number of hydrogen-bond donors (Lipinski definition) is 0. The summed E-state index contributed by atoms with van der Waals surface area (Å²) in [6.45, 7) is 0. The van der Waals surface area contributed by atoms with Crippen molar-refractivity contribution in [3.05, 3.63) is 65.2 Å². The molecule has 0 radical (unpaired) electrons. The van der Waals surface area contributed by atoms with Gasteiger partial charge in [-0.2, -0.15) is 0 Å². The minimum absolute atomic E-state index is 0.213. The second-order valence-corrected chi connectivity index (χ2v) is 4.93. The third kappa shape index (κ3) is 2.37. The van der Waals surface area contributed by atoms with Crippen LogP contribution in [-0.4, -0.2) is 13.1 Å². The lowest BCUT2D eigenvalue weighted by atomic mass is 10.0. The van der Waals surface area contributed by atoms with E-state index in [0.29, 0.717) is 6.42 Å². The number of hydrogen-bond acceptors (Lipinski definition) is 2. The Bertz CT molecular complexity index is 684. The van der Waals surface area contributed by atoms with Gasteiger partial charge in [-0.05, 0) is 34.2 Å². The van der Waals surface area contributed by atoms with Gasteiger partial charge in [0.25, 0.3) is 0 Å². The van der Waals surface area contributed by atoms with Gasteiger partial charge in [-0.25, -0.2) is 0 Å². The summed E-state index contributed by atoms with van der Waals surface area (Å²) in [5.74, 6) is -0.213. The second-order valence-electron chi connectivity index (χ2n) is 4.93. The van der Waals surface area contributed by atoms with E-state index in [1.165, 1.54) is 29.4 Å². The molecular formula is C18H16O2. The van der Waals surface area contributed by atoms with Crippen molar-refractivity contribution in [3.8, 4) is 11.1 Å². The molecule has 2 heteroatoms. The summed E-state index contributed by atoms with van der Waals surface area (Å²) < 4.78 is 4.61. The lowest BCUT2D eigenvalue weighted by Crippen LogP contribution is -1.96. The number of ether oxygens (including phenoxy) is 1. The van der Waals surface area contributed by atoms with Crippen LogP contribution in [0.2, 0.25) is 0 Å². The molecule has 2 aromatic carbocycles. The predicted molar refractivity (Wildman–Crippen MR) is 80.4 cm³/mol. The molecule has 1 aliphatic carbocycles. The van der Waals surface area contributed by atoms with Crippen LogP contribution in [0.1, 0.15) is 23.1 Å². The van der Waals surface area contributed by atoms with E-state index in [2.05, 4.69) is 47.2 Å². The molecule has 20 heavy (non-hydrogen) atoms. The molecular weight excluding hydrogens is 248 g/mol. The van der Waals surface area contributed by atoms with Gasteiger partial charge in [0.2, 0.25) is 0 Å². The Labute approximate surface area is 118 Å². The first-order chi connectivity index (χ1) is 9.78. The number of rotatable bonds is 3. The Hall–Kier alpha value is -2.35. The van der Waals surface area contributed by atoms with Crippen LogP contribution in [-0.2, 0) is 16.0 Å². The van der Waals surface area contributed by atoms with Crippen molar-refractivity contribution in [2.45, 2.75) is 12.8 Å². The maximum absolute atomic E-state index is 11.1. The van der Waals surface area contributed by atoms with Crippen molar-refractivity contribution in [2.75, 3.05) is 7.11 Å². The van der Waals surface area contributed by atoms with E-state index < -0.39 is 0 Å². The first-order valence-corrected chi connectivity index (χ1v) is 6.72. The van der Waals surface area contributed by atoms with E-state index >= 15 is 0 Å². The summed E-state index contributed by atoms with van der Waals surface area (Å²) in [5, 5.41) is 0. The zero-order chi connectivity index (χ0) is 13.9. The van der Waals surface area contributed by atoms with Crippen LogP contribution in [0.15, 0.2) is 48.5 Å². The Morgan fingerprint density at radius 2 is 1.95 bits per heavy atom. The van der Waals surface area contributed by atoms with Crippen LogP contribution in [0.3, 0.4) is 0 Å². The summed E-state index contributed by atoms with van der Waals surface area (Å²) in [7, 11) is 1.41. The van der Waals surface area contributed by atoms with E-state index in [0.717, 1.165) is 12.0 Å². The molecule has 0 atom stereocenters. The summed E-state index contributed by atoms with van der Waals surface area (Å²) in [4.78, 5) is 11.1. The fraction of sp³-hybridized carbons (Fsp3) is 0.167. The normalized spacial score (nSPS) is 12.2. The molecule has 3 rings (SSSR count). The van der Waals surface area contributed by atoms with E-state index in [1.54, 1.807) is 0 Å². The Balaban J connectivity index is 1.82. The average molecular weight is 264 g/mol. The van der Waals surface area contributed by atoms with Gasteiger partial charge < -0.3 is 4.74 Å². The molecule has 0 unspecified atom stereocenters. The number of carbonyl (C=O) groups excluding carboxylic acids is 1. The Morgan fingerprint density at radius 3 is 2.80 bits per heavy atom. The third-order valence-corrected chi connectivity index (χ3v) is 3.64. The smallest absolute Gasteiger partial charge is 0.309 e. The average Bonchev–Trinajstić information content (AvgIpc) is 2.84. The van der Waals surface area contributed by atoms with Gasteiger partial charge in [-0.1, -0.05) is 54.6 Å². The van der Waals surface area contributed by atoms with Crippen LogP contribution in [0, 0.1) is 0 Å². The van der Waals surface area contributed by atoms with Crippen LogP contribution < -0.4 is 0 Å². The highest BCUT2D eigenvalue weighted by atomic mass is 16.5. The monoisotopic (exact) mass is 264 g/mol. The number of carbonyl (C=O) groups is 1. The Kier molecular flexibility index (Phi) is 3.38. The summed E-state index contributed by atoms with van der Waals surface area (Å²) in [5.41, 5.74) is 6.53. The highest BCUT2D eigenvalue weighted by Crippen LogP contribution is 2.36. The quantitative estimate of drug-likeness (QED) is 0.672. The van der Waals surface area contributed by atoms with Crippen molar-refractivity contribution in [2.24, 2.45) is 0 Å². The fourth-order valence-corrected chi connectivity index (χ4v) is 2.64. The minimum Gasteiger partial charge on any atom is -0.469 e. The molecule has 2 aromatic rings. The van der Waals surface area contributed by atoms with Crippen molar-refractivity contribution in [1.82, 2.24) is 0 Å². The Morgan fingerprint density at radius 1 is 1.15 bits per heavy atom. The van der Waals surface area contributed by atoms with Crippen LogP contribution in [0.4, 0.5) is 0 Å². The standard InChI is InChI=1S/C18H16O2/c1-20-18(19)8-4-5-13-9-10-17-15(11-13)12-14-6-2-3-7-16(14)17/h2-7,9-11H,8,12H2,1H3. The lowest BCUT2D eigenvalue weighted by molar-refractivity contribution is -0.139. The second kappa shape index (κ2) is 5.33. The minimum atomic E-state index is -0.213. The molecule has 0 aromatic heterocycles. The largest absolute Gasteiger partial charge is 0.469 e.